The number of hydrogen-bond acceptors (Lipinski definition) is 5. The molecule has 112 valence electrons. The van der Waals surface area contributed by atoms with Crippen molar-refractivity contribution >= 4 is 17.8 Å². The van der Waals surface area contributed by atoms with Gasteiger partial charge in [-0.1, -0.05) is 18.4 Å². The molecular weight excluding hydrogens is 276 g/mol. The van der Waals surface area contributed by atoms with Crippen molar-refractivity contribution in [2.45, 2.75) is 38.8 Å². The van der Waals surface area contributed by atoms with Crippen LogP contribution in [0.5, 0.6) is 0 Å². The second-order valence-corrected chi connectivity index (χ2v) is 4.81. The van der Waals surface area contributed by atoms with E-state index in [2.05, 4.69) is 6.92 Å². The number of nitrogens with zero attached hydrogens (tertiary/aromatic N) is 2. The van der Waals surface area contributed by atoms with Crippen molar-refractivity contribution in [2.75, 3.05) is 0 Å². The Bertz CT molecular complexity index is 572. The van der Waals surface area contributed by atoms with Gasteiger partial charge < -0.3 is 9.94 Å². The number of imide groups is 1. The molecule has 1 aliphatic heterocycles. The number of pyridine rings is 1. The first-order valence-corrected chi connectivity index (χ1v) is 6.79. The van der Waals surface area contributed by atoms with E-state index in [1.54, 1.807) is 12.3 Å². The van der Waals surface area contributed by atoms with Gasteiger partial charge in [0.1, 0.15) is 18.2 Å². The lowest BCUT2D eigenvalue weighted by atomic mass is 10.2. The average Bonchev–Trinajstić information content (AvgIpc) is 2.72. The molecular formula is C14H17N2O5+. The normalized spacial score (nSPS) is 18.2. The molecule has 0 spiro atoms. The summed E-state index contributed by atoms with van der Waals surface area (Å²) in [7, 11) is 0. The highest BCUT2D eigenvalue weighted by Crippen LogP contribution is 2.14. The lowest BCUT2D eigenvalue weighted by molar-refractivity contribution is -0.697. The van der Waals surface area contributed by atoms with Crippen LogP contribution in [0.25, 0.3) is 0 Å². The third kappa shape index (κ3) is 3.43. The molecule has 7 heteroatoms. The van der Waals surface area contributed by atoms with Gasteiger partial charge in [-0.3, -0.25) is 9.59 Å². The van der Waals surface area contributed by atoms with Crippen LogP contribution in [0, 0.1) is 0 Å². The standard InChI is InChI=1S/C14H17N2O5/c1-2-3-6-15-7-4-5-10(9-15)14(20)21-16-12(18)8-11(17)13(16)19/h4-5,7,9,11,17H,2-3,6,8H2,1H3/q+1. The topological polar surface area (TPSA) is 87.8 Å². The molecule has 7 nitrogen and oxygen atoms in total. The lowest BCUT2D eigenvalue weighted by Crippen LogP contribution is -2.37. The molecule has 0 aromatic carbocycles. The quantitative estimate of drug-likeness (QED) is 0.608. The molecule has 0 radical (unpaired) electrons. The summed E-state index contributed by atoms with van der Waals surface area (Å²) in [6.07, 6.45) is 3.61. The second-order valence-electron chi connectivity index (χ2n) is 4.81. The predicted octanol–water partition coefficient (Wildman–Crippen LogP) is -0.0342. The van der Waals surface area contributed by atoms with Crippen LogP contribution in [0.2, 0.25) is 0 Å². The minimum atomic E-state index is -1.43. The van der Waals surface area contributed by atoms with Crippen LogP contribution in [0.4, 0.5) is 0 Å². The highest BCUT2D eigenvalue weighted by atomic mass is 16.7. The van der Waals surface area contributed by atoms with E-state index in [1.165, 1.54) is 6.07 Å². The van der Waals surface area contributed by atoms with Gasteiger partial charge in [0.25, 0.3) is 11.8 Å². The first-order valence-electron chi connectivity index (χ1n) is 6.79. The minimum absolute atomic E-state index is 0.232. The molecule has 1 saturated heterocycles. The summed E-state index contributed by atoms with van der Waals surface area (Å²) in [5.41, 5.74) is 0.232. The molecule has 1 atom stereocenters. The number of hydrogen-bond donors (Lipinski definition) is 1. The van der Waals surface area contributed by atoms with Crippen molar-refractivity contribution in [2.24, 2.45) is 0 Å². The van der Waals surface area contributed by atoms with E-state index in [-0.39, 0.29) is 12.0 Å². The zero-order valence-electron chi connectivity index (χ0n) is 11.7. The van der Waals surface area contributed by atoms with Gasteiger partial charge in [-0.15, -0.1) is 0 Å². The van der Waals surface area contributed by atoms with Crippen molar-refractivity contribution in [1.29, 1.82) is 0 Å². The second kappa shape index (κ2) is 6.45. The maximum Gasteiger partial charge on any atom is 0.369 e. The van der Waals surface area contributed by atoms with Gasteiger partial charge in [0, 0.05) is 12.5 Å². The number of hydroxylamine groups is 2. The third-order valence-electron chi connectivity index (χ3n) is 3.12. The van der Waals surface area contributed by atoms with E-state index in [9.17, 15) is 19.5 Å². The Morgan fingerprint density at radius 3 is 2.90 bits per heavy atom. The largest absolute Gasteiger partial charge is 0.383 e. The number of aliphatic hydroxyl groups is 1. The predicted molar refractivity (Wildman–Crippen MR) is 69.4 cm³/mol. The number of aromatic nitrogens is 1. The van der Waals surface area contributed by atoms with E-state index >= 15 is 0 Å². The fourth-order valence-corrected chi connectivity index (χ4v) is 1.95. The Kier molecular flexibility index (Phi) is 4.64. The first kappa shape index (κ1) is 15.1. The van der Waals surface area contributed by atoms with Gasteiger partial charge >= 0.3 is 5.97 Å². The van der Waals surface area contributed by atoms with Crippen LogP contribution in [-0.2, 0) is 21.0 Å². The summed E-state index contributed by atoms with van der Waals surface area (Å²) in [5, 5.41) is 9.59. The number of carbonyl (C=O) groups is 3. The fourth-order valence-electron chi connectivity index (χ4n) is 1.95. The summed E-state index contributed by atoms with van der Waals surface area (Å²) in [6, 6.07) is 3.22. The van der Waals surface area contributed by atoms with Gasteiger partial charge in [0.05, 0.1) is 6.42 Å². The molecule has 0 aliphatic carbocycles. The van der Waals surface area contributed by atoms with Crippen molar-refractivity contribution in [3.63, 3.8) is 0 Å². The van der Waals surface area contributed by atoms with Crippen LogP contribution < -0.4 is 4.57 Å². The minimum Gasteiger partial charge on any atom is -0.383 e. The van der Waals surface area contributed by atoms with Crippen LogP contribution >= 0.6 is 0 Å². The Morgan fingerprint density at radius 2 is 2.29 bits per heavy atom. The molecule has 2 amide bonds. The SMILES string of the molecule is CCCC[n+]1cccc(C(=O)ON2C(=O)CC(O)C2=O)c1. The third-order valence-corrected chi connectivity index (χ3v) is 3.12. The number of carbonyl (C=O) groups excluding carboxylic acids is 3. The van der Waals surface area contributed by atoms with Gasteiger partial charge in [-0.2, -0.15) is 0 Å². The van der Waals surface area contributed by atoms with Gasteiger partial charge in [-0.25, -0.2) is 9.36 Å². The van der Waals surface area contributed by atoms with E-state index < -0.39 is 23.9 Å². The molecule has 2 rings (SSSR count). The highest BCUT2D eigenvalue weighted by molar-refractivity contribution is 6.05. The van der Waals surface area contributed by atoms with Crippen molar-refractivity contribution in [3.8, 4) is 0 Å². The zero-order chi connectivity index (χ0) is 15.4. The number of aliphatic hydroxyl groups excluding tert-OH is 1. The van der Waals surface area contributed by atoms with Crippen molar-refractivity contribution < 1.29 is 28.9 Å². The summed E-state index contributed by atoms with van der Waals surface area (Å²) in [4.78, 5) is 39.6. The Labute approximate surface area is 121 Å². The highest BCUT2D eigenvalue weighted by Gasteiger charge is 2.40. The van der Waals surface area contributed by atoms with Crippen LogP contribution in [0.1, 0.15) is 36.5 Å². The molecule has 1 aliphatic rings. The zero-order valence-corrected chi connectivity index (χ0v) is 11.7. The number of aryl methyl sites for hydroxylation is 1. The molecule has 21 heavy (non-hydrogen) atoms. The smallest absolute Gasteiger partial charge is 0.369 e. The van der Waals surface area contributed by atoms with E-state index in [0.717, 1.165) is 19.4 Å². The number of rotatable bonds is 5. The molecule has 1 unspecified atom stereocenters. The molecule has 0 bridgehead atoms. The van der Waals surface area contributed by atoms with Gasteiger partial charge in [0.2, 0.25) is 0 Å². The first-order chi connectivity index (χ1) is 10.0. The Morgan fingerprint density at radius 1 is 1.52 bits per heavy atom. The Balaban J connectivity index is 2.06. The number of amides is 2. The van der Waals surface area contributed by atoms with Crippen LogP contribution in [-0.4, -0.2) is 34.1 Å². The van der Waals surface area contributed by atoms with Gasteiger partial charge in [-0.05, 0) is 6.07 Å². The fraction of sp³-hybridized carbons (Fsp3) is 0.429. The monoisotopic (exact) mass is 293 g/mol. The average molecular weight is 293 g/mol. The van der Waals surface area contributed by atoms with Crippen LogP contribution in [0.3, 0.4) is 0 Å². The summed E-state index contributed by atoms with van der Waals surface area (Å²) < 4.78 is 1.84. The molecule has 1 N–H and O–H groups in total. The van der Waals surface area contributed by atoms with Crippen molar-refractivity contribution in [3.05, 3.63) is 30.1 Å². The van der Waals surface area contributed by atoms with Gasteiger partial charge in [0.15, 0.2) is 12.4 Å². The van der Waals surface area contributed by atoms with E-state index in [0.29, 0.717) is 5.06 Å². The molecule has 2 heterocycles. The molecule has 1 aromatic rings. The summed E-state index contributed by atoms with van der Waals surface area (Å²) in [6.45, 7) is 2.83. The molecule has 1 aromatic heterocycles. The summed E-state index contributed by atoms with van der Waals surface area (Å²) in [5.74, 6) is -2.45. The maximum absolute atomic E-state index is 12.0. The van der Waals surface area contributed by atoms with E-state index in [1.807, 2.05) is 10.8 Å². The number of unbranched alkanes of at least 4 members (excludes halogenated alkanes) is 1. The van der Waals surface area contributed by atoms with E-state index in [4.69, 9.17) is 4.84 Å². The molecule has 1 fully saturated rings. The maximum atomic E-state index is 12.0. The summed E-state index contributed by atoms with van der Waals surface area (Å²) >= 11 is 0. The molecule has 0 saturated carbocycles. The Hall–Kier alpha value is -2.28. The lowest BCUT2D eigenvalue weighted by Gasteiger charge is -2.12. The van der Waals surface area contributed by atoms with Crippen LogP contribution in [0.15, 0.2) is 24.5 Å². The van der Waals surface area contributed by atoms with Crippen molar-refractivity contribution in [1.82, 2.24) is 5.06 Å².